The normalized spacial score (nSPS) is 10.9. The van der Waals surface area contributed by atoms with E-state index < -0.39 is 0 Å². The molecule has 0 aliphatic heterocycles. The Kier molecular flexibility index (Phi) is 4.98. The first-order valence-corrected chi connectivity index (χ1v) is 7.53. The lowest BCUT2D eigenvalue weighted by Crippen LogP contribution is -2.21. The van der Waals surface area contributed by atoms with Gasteiger partial charge >= 0.3 is 0 Å². The molecule has 0 aliphatic rings. The highest BCUT2D eigenvalue weighted by molar-refractivity contribution is 9.10. The van der Waals surface area contributed by atoms with Crippen molar-refractivity contribution >= 4 is 31.9 Å². The lowest BCUT2D eigenvalue weighted by Gasteiger charge is -2.19. The first kappa shape index (κ1) is 13.8. The molecule has 18 heavy (non-hydrogen) atoms. The molecule has 3 heteroatoms. The Labute approximate surface area is 125 Å². The lowest BCUT2D eigenvalue weighted by molar-refractivity contribution is 0.630. The summed E-state index contributed by atoms with van der Waals surface area (Å²) in [4.78, 5) is 0. The van der Waals surface area contributed by atoms with Crippen LogP contribution < -0.4 is 5.32 Å². The molecule has 0 amide bonds. The second-order valence-electron chi connectivity index (χ2n) is 4.09. The molecule has 1 nitrogen and oxygen atoms in total. The van der Waals surface area contributed by atoms with Crippen LogP contribution in [0.1, 0.15) is 24.1 Å². The minimum absolute atomic E-state index is 0.246. The van der Waals surface area contributed by atoms with Crippen LogP contribution in [0.25, 0.3) is 0 Å². The van der Waals surface area contributed by atoms with Gasteiger partial charge in [-0.25, -0.2) is 0 Å². The Morgan fingerprint density at radius 2 is 1.22 bits per heavy atom. The minimum Gasteiger partial charge on any atom is -0.307 e. The molecule has 2 aromatic rings. The van der Waals surface area contributed by atoms with E-state index in [0.717, 1.165) is 15.5 Å². The van der Waals surface area contributed by atoms with Crippen molar-refractivity contribution in [1.82, 2.24) is 5.32 Å². The summed E-state index contributed by atoms with van der Waals surface area (Å²) >= 11 is 6.95. The molecule has 0 unspecified atom stereocenters. The maximum Gasteiger partial charge on any atom is 0.0576 e. The molecule has 0 aliphatic carbocycles. The third-order valence-electron chi connectivity index (χ3n) is 2.81. The summed E-state index contributed by atoms with van der Waals surface area (Å²) in [6.07, 6.45) is 0. The topological polar surface area (TPSA) is 12.0 Å². The maximum absolute atomic E-state index is 3.52. The van der Waals surface area contributed by atoms with E-state index in [0.29, 0.717) is 0 Å². The van der Waals surface area contributed by atoms with Gasteiger partial charge in [0.1, 0.15) is 0 Å². The molecule has 1 N–H and O–H groups in total. The predicted octanol–water partition coefficient (Wildman–Crippen LogP) is 4.91. The van der Waals surface area contributed by atoms with Crippen molar-refractivity contribution in [2.45, 2.75) is 13.0 Å². The van der Waals surface area contributed by atoms with Gasteiger partial charge in [0, 0.05) is 8.95 Å². The van der Waals surface area contributed by atoms with Crippen molar-refractivity contribution in [2.24, 2.45) is 0 Å². The molecule has 94 valence electrons. The smallest absolute Gasteiger partial charge is 0.0576 e. The molecule has 0 aromatic heterocycles. The minimum atomic E-state index is 0.246. The molecule has 0 spiro atoms. The van der Waals surface area contributed by atoms with Crippen LogP contribution in [-0.2, 0) is 0 Å². The zero-order valence-corrected chi connectivity index (χ0v) is 13.3. The van der Waals surface area contributed by atoms with E-state index in [-0.39, 0.29) is 6.04 Å². The van der Waals surface area contributed by atoms with Gasteiger partial charge in [0.2, 0.25) is 0 Å². The van der Waals surface area contributed by atoms with E-state index in [4.69, 9.17) is 0 Å². The fraction of sp³-hybridized carbons (Fsp3) is 0.200. The summed E-state index contributed by atoms with van der Waals surface area (Å²) in [7, 11) is 0. The second kappa shape index (κ2) is 6.50. The van der Waals surface area contributed by atoms with E-state index in [1.165, 1.54) is 11.1 Å². The first-order chi connectivity index (χ1) is 8.70. The van der Waals surface area contributed by atoms with Crippen molar-refractivity contribution < 1.29 is 0 Å². The number of hydrogen-bond donors (Lipinski definition) is 1. The van der Waals surface area contributed by atoms with Crippen molar-refractivity contribution in [1.29, 1.82) is 0 Å². The van der Waals surface area contributed by atoms with Crippen LogP contribution in [-0.4, -0.2) is 6.54 Å². The third kappa shape index (κ3) is 3.44. The van der Waals surface area contributed by atoms with Crippen LogP contribution in [0.15, 0.2) is 57.5 Å². The largest absolute Gasteiger partial charge is 0.307 e. The van der Waals surface area contributed by atoms with Crippen LogP contribution in [0.3, 0.4) is 0 Å². The molecule has 2 aromatic carbocycles. The molecule has 0 fully saturated rings. The predicted molar refractivity (Wildman–Crippen MR) is 83.8 cm³/mol. The first-order valence-electron chi connectivity index (χ1n) is 5.95. The standard InChI is InChI=1S/C15H15Br2N/c1-2-18-15(11-3-7-13(16)8-4-11)12-5-9-14(17)10-6-12/h3-10,15,18H,2H2,1H3. The zero-order valence-electron chi connectivity index (χ0n) is 10.2. The van der Waals surface area contributed by atoms with Crippen molar-refractivity contribution in [2.75, 3.05) is 6.54 Å². The van der Waals surface area contributed by atoms with Crippen LogP contribution in [0, 0.1) is 0 Å². The quantitative estimate of drug-likeness (QED) is 0.808. The van der Waals surface area contributed by atoms with Gasteiger partial charge in [0.05, 0.1) is 6.04 Å². The second-order valence-corrected chi connectivity index (χ2v) is 5.93. The maximum atomic E-state index is 3.52. The molecule has 2 rings (SSSR count). The number of rotatable bonds is 4. The van der Waals surface area contributed by atoms with Gasteiger partial charge in [0.15, 0.2) is 0 Å². The van der Waals surface area contributed by atoms with Crippen LogP contribution in [0.4, 0.5) is 0 Å². The van der Waals surface area contributed by atoms with Crippen LogP contribution in [0.2, 0.25) is 0 Å². The van der Waals surface area contributed by atoms with Gasteiger partial charge in [-0.3, -0.25) is 0 Å². The summed E-state index contributed by atoms with van der Waals surface area (Å²) in [5, 5.41) is 3.52. The Morgan fingerprint density at radius 3 is 1.56 bits per heavy atom. The molecule has 0 radical (unpaired) electrons. The van der Waals surface area contributed by atoms with E-state index in [1.54, 1.807) is 0 Å². The van der Waals surface area contributed by atoms with Crippen molar-refractivity contribution in [3.05, 3.63) is 68.6 Å². The Hall–Kier alpha value is -0.640. The van der Waals surface area contributed by atoms with E-state index in [2.05, 4.69) is 92.6 Å². The van der Waals surface area contributed by atoms with E-state index in [9.17, 15) is 0 Å². The highest BCUT2D eigenvalue weighted by Crippen LogP contribution is 2.24. The highest BCUT2D eigenvalue weighted by atomic mass is 79.9. The number of halogens is 2. The lowest BCUT2D eigenvalue weighted by atomic mass is 9.99. The number of benzene rings is 2. The Bertz CT molecular complexity index is 445. The molecule has 0 saturated carbocycles. The molecular formula is C15H15Br2N. The monoisotopic (exact) mass is 367 g/mol. The van der Waals surface area contributed by atoms with Gasteiger partial charge in [-0.2, -0.15) is 0 Å². The fourth-order valence-electron chi connectivity index (χ4n) is 1.94. The average molecular weight is 369 g/mol. The summed E-state index contributed by atoms with van der Waals surface area (Å²) in [6, 6.07) is 17.2. The molecule has 0 bridgehead atoms. The van der Waals surface area contributed by atoms with E-state index >= 15 is 0 Å². The summed E-state index contributed by atoms with van der Waals surface area (Å²) in [6.45, 7) is 3.07. The summed E-state index contributed by atoms with van der Waals surface area (Å²) < 4.78 is 2.22. The van der Waals surface area contributed by atoms with Gasteiger partial charge in [0.25, 0.3) is 0 Å². The summed E-state index contributed by atoms with van der Waals surface area (Å²) in [5.74, 6) is 0. The SMILES string of the molecule is CCNC(c1ccc(Br)cc1)c1ccc(Br)cc1. The number of nitrogens with one attached hydrogen (secondary N) is 1. The van der Waals surface area contributed by atoms with Crippen LogP contribution in [0.5, 0.6) is 0 Å². The third-order valence-corrected chi connectivity index (χ3v) is 3.87. The molecular weight excluding hydrogens is 354 g/mol. The average Bonchev–Trinajstić information content (AvgIpc) is 2.39. The zero-order chi connectivity index (χ0) is 13.0. The van der Waals surface area contributed by atoms with E-state index in [1.807, 2.05) is 0 Å². The Morgan fingerprint density at radius 1 is 0.833 bits per heavy atom. The number of hydrogen-bond acceptors (Lipinski definition) is 1. The molecule has 0 atom stereocenters. The molecule has 0 saturated heterocycles. The van der Waals surface area contributed by atoms with Gasteiger partial charge in [-0.15, -0.1) is 0 Å². The van der Waals surface area contributed by atoms with Crippen LogP contribution >= 0.6 is 31.9 Å². The van der Waals surface area contributed by atoms with Gasteiger partial charge < -0.3 is 5.32 Å². The summed E-state index contributed by atoms with van der Waals surface area (Å²) in [5.41, 5.74) is 2.56. The Balaban J connectivity index is 2.33. The van der Waals surface area contributed by atoms with Crippen molar-refractivity contribution in [3.63, 3.8) is 0 Å². The van der Waals surface area contributed by atoms with Gasteiger partial charge in [-0.05, 0) is 41.9 Å². The van der Waals surface area contributed by atoms with Gasteiger partial charge in [-0.1, -0.05) is 63.0 Å². The fourth-order valence-corrected chi connectivity index (χ4v) is 2.47. The highest BCUT2D eigenvalue weighted by Gasteiger charge is 2.12. The van der Waals surface area contributed by atoms with Crippen molar-refractivity contribution in [3.8, 4) is 0 Å². The molecule has 0 heterocycles.